The minimum Gasteiger partial charge on any atom is -0.490 e. The molecule has 1 aromatic carbocycles. The summed E-state index contributed by atoms with van der Waals surface area (Å²) in [6.45, 7) is 3.88. The first-order chi connectivity index (χ1) is 8.79. The summed E-state index contributed by atoms with van der Waals surface area (Å²) >= 11 is 6.06. The number of hydrogen-bond donors (Lipinski definition) is 1. The molecule has 1 aliphatic rings. The molecular weight excluding hydrogens is 246 g/mol. The van der Waals surface area contributed by atoms with Gasteiger partial charge in [0.15, 0.2) is 0 Å². The summed E-state index contributed by atoms with van der Waals surface area (Å²) in [7, 11) is 0. The molecule has 1 saturated carbocycles. The summed E-state index contributed by atoms with van der Waals surface area (Å²) in [4.78, 5) is 0. The zero-order chi connectivity index (χ0) is 12.8. The predicted octanol–water partition coefficient (Wildman–Crippen LogP) is 4.16. The third-order valence-corrected chi connectivity index (χ3v) is 3.67. The van der Waals surface area contributed by atoms with Crippen molar-refractivity contribution in [3.63, 3.8) is 0 Å². The van der Waals surface area contributed by atoms with Gasteiger partial charge in [-0.1, -0.05) is 24.9 Å². The number of hydrogen-bond acceptors (Lipinski definition) is 2. The van der Waals surface area contributed by atoms with Crippen molar-refractivity contribution in [3.05, 3.63) is 28.8 Å². The van der Waals surface area contributed by atoms with Gasteiger partial charge in [-0.15, -0.1) is 0 Å². The number of nitrogens with one attached hydrogen (secondary N) is 1. The van der Waals surface area contributed by atoms with Crippen molar-refractivity contribution in [3.8, 4) is 5.75 Å². The van der Waals surface area contributed by atoms with Crippen molar-refractivity contribution >= 4 is 11.6 Å². The van der Waals surface area contributed by atoms with Crippen LogP contribution in [-0.4, -0.2) is 12.6 Å². The molecule has 0 saturated heterocycles. The van der Waals surface area contributed by atoms with Crippen LogP contribution in [0, 0.1) is 0 Å². The van der Waals surface area contributed by atoms with Crippen LogP contribution in [0.25, 0.3) is 0 Å². The molecule has 0 bridgehead atoms. The average Bonchev–Trinajstić information content (AvgIpc) is 2.40. The molecule has 2 rings (SSSR count). The van der Waals surface area contributed by atoms with Crippen LogP contribution >= 0.6 is 11.6 Å². The van der Waals surface area contributed by atoms with Gasteiger partial charge in [-0.25, -0.2) is 0 Å². The summed E-state index contributed by atoms with van der Waals surface area (Å²) in [5.41, 5.74) is 1.16. The van der Waals surface area contributed by atoms with Gasteiger partial charge in [0.1, 0.15) is 5.75 Å². The van der Waals surface area contributed by atoms with Crippen molar-refractivity contribution in [2.24, 2.45) is 0 Å². The molecule has 1 N–H and O–H groups in total. The molecule has 3 heteroatoms. The van der Waals surface area contributed by atoms with E-state index in [0.29, 0.717) is 6.10 Å². The number of ether oxygens (including phenoxy) is 1. The van der Waals surface area contributed by atoms with Gasteiger partial charge in [-0.3, -0.25) is 0 Å². The van der Waals surface area contributed by atoms with Crippen LogP contribution in [0.15, 0.2) is 18.2 Å². The fraction of sp³-hybridized carbons (Fsp3) is 0.600. The van der Waals surface area contributed by atoms with Gasteiger partial charge < -0.3 is 10.1 Å². The summed E-state index contributed by atoms with van der Waals surface area (Å²) in [6, 6.07) is 5.92. The van der Waals surface area contributed by atoms with Gasteiger partial charge in [0.25, 0.3) is 0 Å². The van der Waals surface area contributed by atoms with E-state index < -0.39 is 0 Å². The topological polar surface area (TPSA) is 21.3 Å². The molecule has 0 spiro atoms. The fourth-order valence-corrected chi connectivity index (χ4v) is 2.62. The Bertz CT molecular complexity index is 375. The molecule has 0 amide bonds. The van der Waals surface area contributed by atoms with E-state index in [9.17, 15) is 0 Å². The lowest BCUT2D eigenvalue weighted by Gasteiger charge is -2.24. The van der Waals surface area contributed by atoms with Crippen molar-refractivity contribution in [1.29, 1.82) is 0 Å². The van der Waals surface area contributed by atoms with Crippen LogP contribution in [0.5, 0.6) is 5.75 Å². The standard InChI is InChI=1S/C15H22ClNO/c1-2-17-11-12-10-13(16)8-9-15(12)18-14-6-4-3-5-7-14/h8-10,14,17H,2-7,11H2,1H3. The van der Waals surface area contributed by atoms with Crippen molar-refractivity contribution in [2.45, 2.75) is 51.7 Å². The second kappa shape index (κ2) is 7.01. The number of halogens is 1. The molecule has 100 valence electrons. The van der Waals surface area contributed by atoms with Gasteiger partial charge in [-0.05, 0) is 50.4 Å². The van der Waals surface area contributed by atoms with Crippen molar-refractivity contribution in [1.82, 2.24) is 5.32 Å². The van der Waals surface area contributed by atoms with Crippen LogP contribution in [-0.2, 0) is 6.54 Å². The first-order valence-electron chi connectivity index (χ1n) is 6.95. The lowest BCUT2D eigenvalue weighted by molar-refractivity contribution is 0.153. The summed E-state index contributed by atoms with van der Waals surface area (Å²) in [5.74, 6) is 0.993. The van der Waals surface area contributed by atoms with Gasteiger partial charge in [0.05, 0.1) is 6.10 Å². The number of benzene rings is 1. The van der Waals surface area contributed by atoms with Gasteiger partial charge >= 0.3 is 0 Å². The Hall–Kier alpha value is -0.730. The smallest absolute Gasteiger partial charge is 0.124 e. The van der Waals surface area contributed by atoms with E-state index in [1.807, 2.05) is 18.2 Å². The lowest BCUT2D eigenvalue weighted by atomic mass is 9.97. The maximum absolute atomic E-state index is 6.14. The average molecular weight is 268 g/mol. The van der Waals surface area contributed by atoms with Crippen molar-refractivity contribution in [2.75, 3.05) is 6.54 Å². The van der Waals surface area contributed by atoms with Gasteiger partial charge in [0, 0.05) is 17.1 Å². The predicted molar refractivity (Wildman–Crippen MR) is 76.3 cm³/mol. The Morgan fingerprint density at radius 3 is 2.78 bits per heavy atom. The minimum atomic E-state index is 0.389. The van der Waals surface area contributed by atoms with E-state index in [2.05, 4.69) is 12.2 Å². The molecule has 0 aromatic heterocycles. The first-order valence-corrected chi connectivity index (χ1v) is 7.33. The molecule has 0 atom stereocenters. The van der Waals surface area contributed by atoms with Crippen LogP contribution in [0.4, 0.5) is 0 Å². The Balaban J connectivity index is 2.04. The Morgan fingerprint density at radius 1 is 1.28 bits per heavy atom. The van der Waals surface area contributed by atoms with E-state index in [4.69, 9.17) is 16.3 Å². The monoisotopic (exact) mass is 267 g/mol. The van der Waals surface area contributed by atoms with E-state index in [0.717, 1.165) is 29.4 Å². The maximum atomic E-state index is 6.14. The van der Waals surface area contributed by atoms with E-state index >= 15 is 0 Å². The van der Waals surface area contributed by atoms with Gasteiger partial charge in [-0.2, -0.15) is 0 Å². The van der Waals surface area contributed by atoms with Crippen molar-refractivity contribution < 1.29 is 4.74 Å². The maximum Gasteiger partial charge on any atom is 0.124 e. The quantitative estimate of drug-likeness (QED) is 0.865. The number of rotatable bonds is 5. The van der Waals surface area contributed by atoms with E-state index in [-0.39, 0.29) is 0 Å². The van der Waals surface area contributed by atoms with Crippen LogP contribution in [0.2, 0.25) is 5.02 Å². The van der Waals surface area contributed by atoms with E-state index in [1.165, 1.54) is 32.1 Å². The second-order valence-corrected chi connectivity index (χ2v) is 5.35. The Kier molecular flexibility index (Phi) is 5.33. The lowest BCUT2D eigenvalue weighted by Crippen LogP contribution is -2.21. The molecule has 18 heavy (non-hydrogen) atoms. The highest BCUT2D eigenvalue weighted by Gasteiger charge is 2.16. The van der Waals surface area contributed by atoms with Gasteiger partial charge in [0.2, 0.25) is 0 Å². The molecule has 0 aliphatic heterocycles. The highest BCUT2D eigenvalue weighted by atomic mass is 35.5. The zero-order valence-electron chi connectivity index (χ0n) is 11.0. The molecule has 1 fully saturated rings. The molecule has 0 radical (unpaired) electrons. The highest BCUT2D eigenvalue weighted by Crippen LogP contribution is 2.28. The Morgan fingerprint density at radius 2 is 2.06 bits per heavy atom. The molecule has 1 aromatic rings. The van der Waals surface area contributed by atoms with Crippen LogP contribution in [0.1, 0.15) is 44.6 Å². The zero-order valence-corrected chi connectivity index (χ0v) is 11.8. The molecule has 0 unspecified atom stereocenters. The molecule has 2 nitrogen and oxygen atoms in total. The highest BCUT2D eigenvalue weighted by molar-refractivity contribution is 6.30. The normalized spacial score (nSPS) is 16.8. The summed E-state index contributed by atoms with van der Waals surface area (Å²) in [6.07, 6.45) is 6.69. The molecular formula is C15H22ClNO. The molecule has 0 heterocycles. The third kappa shape index (κ3) is 3.89. The minimum absolute atomic E-state index is 0.389. The summed E-state index contributed by atoms with van der Waals surface area (Å²) < 4.78 is 6.14. The summed E-state index contributed by atoms with van der Waals surface area (Å²) in [5, 5.41) is 4.11. The van der Waals surface area contributed by atoms with E-state index in [1.54, 1.807) is 0 Å². The fourth-order valence-electron chi connectivity index (χ4n) is 2.42. The largest absolute Gasteiger partial charge is 0.490 e. The second-order valence-electron chi connectivity index (χ2n) is 4.91. The Labute approximate surface area is 115 Å². The van der Waals surface area contributed by atoms with Crippen LogP contribution in [0.3, 0.4) is 0 Å². The molecule has 1 aliphatic carbocycles. The SMILES string of the molecule is CCNCc1cc(Cl)ccc1OC1CCCCC1. The first kappa shape index (κ1) is 13.7. The third-order valence-electron chi connectivity index (χ3n) is 3.43. The van der Waals surface area contributed by atoms with Crippen LogP contribution < -0.4 is 10.1 Å².